The number of hydrogen-bond acceptors (Lipinski definition) is 6. The Bertz CT molecular complexity index is 1450. The summed E-state index contributed by atoms with van der Waals surface area (Å²) in [5, 5.41) is 6.43. The van der Waals surface area contributed by atoms with Crippen LogP contribution in [0.2, 0.25) is 0 Å². The van der Waals surface area contributed by atoms with Crippen LogP contribution in [-0.4, -0.2) is 32.4 Å². The molecule has 0 aliphatic rings. The van der Waals surface area contributed by atoms with E-state index in [9.17, 15) is 4.79 Å². The average Bonchev–Trinajstić information content (AvgIpc) is 2.93. The van der Waals surface area contributed by atoms with Crippen LogP contribution in [0.5, 0.6) is 23.0 Å². The second kappa shape index (κ2) is 13.0. The molecule has 0 unspecified atom stereocenters. The summed E-state index contributed by atoms with van der Waals surface area (Å²) in [7, 11) is 1.55. The van der Waals surface area contributed by atoms with Crippen molar-refractivity contribution in [1.82, 2.24) is 5.43 Å². The van der Waals surface area contributed by atoms with Gasteiger partial charge < -0.3 is 18.9 Å². The summed E-state index contributed by atoms with van der Waals surface area (Å²) >= 11 is 3.61. The van der Waals surface area contributed by atoms with Gasteiger partial charge in [-0.1, -0.05) is 42.5 Å². The van der Waals surface area contributed by atoms with Gasteiger partial charge in [0.2, 0.25) is 0 Å². The molecule has 1 amide bonds. The minimum Gasteiger partial charge on any atom is -0.493 e. The molecule has 0 fully saturated rings. The van der Waals surface area contributed by atoms with Crippen LogP contribution in [0.4, 0.5) is 0 Å². The van der Waals surface area contributed by atoms with Gasteiger partial charge in [0.1, 0.15) is 6.61 Å². The second-order valence-corrected chi connectivity index (χ2v) is 9.04. The number of hydrazone groups is 1. The number of amides is 1. The highest BCUT2D eigenvalue weighted by Gasteiger charge is 2.14. The number of nitrogens with zero attached hydrogens (tertiary/aromatic N) is 1. The predicted octanol–water partition coefficient (Wildman–Crippen LogP) is 6.75. The van der Waals surface area contributed by atoms with Crippen molar-refractivity contribution in [1.29, 1.82) is 0 Å². The van der Waals surface area contributed by atoms with E-state index in [2.05, 4.69) is 50.7 Å². The Morgan fingerprint density at radius 2 is 1.66 bits per heavy atom. The molecule has 0 atom stereocenters. The molecule has 1 N–H and O–H groups in total. The molecule has 0 aliphatic carbocycles. The summed E-state index contributed by atoms with van der Waals surface area (Å²) in [6, 6.07) is 23.0. The van der Waals surface area contributed by atoms with Crippen molar-refractivity contribution in [2.45, 2.75) is 20.5 Å². The van der Waals surface area contributed by atoms with Crippen LogP contribution in [0, 0.1) is 0 Å². The Kier molecular flexibility index (Phi) is 9.21. The van der Waals surface area contributed by atoms with Crippen LogP contribution in [0.3, 0.4) is 0 Å². The Morgan fingerprint density at radius 1 is 0.895 bits per heavy atom. The van der Waals surface area contributed by atoms with Crippen LogP contribution < -0.4 is 24.4 Å². The fourth-order valence-electron chi connectivity index (χ4n) is 3.95. The summed E-state index contributed by atoms with van der Waals surface area (Å²) in [6.07, 6.45) is 1.55. The molecule has 4 aromatic rings. The van der Waals surface area contributed by atoms with E-state index >= 15 is 0 Å². The van der Waals surface area contributed by atoms with Crippen LogP contribution >= 0.6 is 15.9 Å². The van der Waals surface area contributed by atoms with Gasteiger partial charge in [-0.3, -0.25) is 4.79 Å². The Hall–Kier alpha value is -4.04. The van der Waals surface area contributed by atoms with Crippen molar-refractivity contribution < 1.29 is 23.7 Å². The molecule has 196 valence electrons. The van der Waals surface area contributed by atoms with Gasteiger partial charge in [0.15, 0.2) is 23.0 Å². The van der Waals surface area contributed by atoms with E-state index in [0.717, 1.165) is 21.9 Å². The SMILES string of the molecule is CCOc1cc(C(=O)N/N=C/c2cc(Br)c(OCc3cccc4ccccc34)c(OCC)c2)ccc1OC. The maximum atomic E-state index is 12.6. The molecule has 0 heterocycles. The van der Waals surface area contributed by atoms with Gasteiger partial charge in [-0.2, -0.15) is 5.10 Å². The standard InChI is InChI=1S/C30H29BrN2O5/c1-4-36-27-17-22(13-14-26(27)35-3)30(34)33-32-18-20-15-25(31)29(28(16-20)37-5-2)38-19-23-11-8-10-21-9-6-7-12-24(21)23/h6-18H,4-5,19H2,1-3H3,(H,33,34)/b32-18+. The van der Waals surface area contributed by atoms with Crippen molar-refractivity contribution in [3.63, 3.8) is 0 Å². The molecule has 0 aromatic heterocycles. The Morgan fingerprint density at radius 3 is 2.45 bits per heavy atom. The van der Waals surface area contributed by atoms with Crippen molar-refractivity contribution in [2.24, 2.45) is 5.10 Å². The minimum absolute atomic E-state index is 0.371. The predicted molar refractivity (Wildman–Crippen MR) is 153 cm³/mol. The lowest BCUT2D eigenvalue weighted by Crippen LogP contribution is -2.17. The molecule has 7 nitrogen and oxygen atoms in total. The fraction of sp³-hybridized carbons (Fsp3) is 0.200. The summed E-state index contributed by atoms with van der Waals surface area (Å²) in [4.78, 5) is 12.6. The van der Waals surface area contributed by atoms with Gasteiger partial charge in [-0.05, 0) is 82.0 Å². The van der Waals surface area contributed by atoms with Crippen LogP contribution in [-0.2, 0) is 6.61 Å². The zero-order valence-corrected chi connectivity index (χ0v) is 23.1. The highest BCUT2D eigenvalue weighted by molar-refractivity contribution is 9.10. The molecule has 8 heteroatoms. The number of carbonyl (C=O) groups is 1. The molecule has 0 saturated heterocycles. The summed E-state index contributed by atoms with van der Waals surface area (Å²) in [6.45, 7) is 5.08. The van der Waals surface area contributed by atoms with Crippen LogP contribution in [0.25, 0.3) is 10.8 Å². The first kappa shape index (κ1) is 27.0. The minimum atomic E-state index is -0.371. The third kappa shape index (κ3) is 6.44. The first-order chi connectivity index (χ1) is 18.5. The number of methoxy groups -OCH3 is 1. The van der Waals surface area contributed by atoms with Crippen molar-refractivity contribution in [3.8, 4) is 23.0 Å². The lowest BCUT2D eigenvalue weighted by molar-refractivity contribution is 0.0954. The topological polar surface area (TPSA) is 78.4 Å². The average molecular weight is 577 g/mol. The molecule has 4 aromatic carbocycles. The summed E-state index contributed by atoms with van der Waals surface area (Å²) in [5.41, 5.74) is 4.76. The number of benzene rings is 4. The lowest BCUT2D eigenvalue weighted by Gasteiger charge is -2.15. The van der Waals surface area contributed by atoms with E-state index in [1.54, 1.807) is 31.5 Å². The third-order valence-electron chi connectivity index (χ3n) is 5.69. The monoisotopic (exact) mass is 576 g/mol. The zero-order valence-electron chi connectivity index (χ0n) is 21.5. The lowest BCUT2D eigenvalue weighted by atomic mass is 10.1. The summed E-state index contributed by atoms with van der Waals surface area (Å²) in [5.74, 6) is 1.86. The number of carbonyl (C=O) groups excluding carboxylic acids is 1. The number of hydrogen-bond donors (Lipinski definition) is 1. The normalized spacial score (nSPS) is 10.9. The van der Waals surface area contributed by atoms with E-state index in [4.69, 9.17) is 18.9 Å². The van der Waals surface area contributed by atoms with E-state index in [0.29, 0.717) is 52.9 Å². The molecule has 4 rings (SSSR count). The first-order valence-corrected chi connectivity index (χ1v) is 13.0. The van der Waals surface area contributed by atoms with Gasteiger partial charge in [-0.15, -0.1) is 0 Å². The van der Waals surface area contributed by atoms with Crippen LogP contribution in [0.15, 0.2) is 82.4 Å². The molecule has 0 aliphatic heterocycles. The van der Waals surface area contributed by atoms with E-state index in [1.807, 2.05) is 44.2 Å². The molecule has 0 saturated carbocycles. The molecule has 0 bridgehead atoms. The number of ether oxygens (including phenoxy) is 4. The van der Waals surface area contributed by atoms with Crippen LogP contribution in [0.1, 0.15) is 35.3 Å². The van der Waals surface area contributed by atoms with Gasteiger partial charge in [0.25, 0.3) is 5.91 Å². The largest absolute Gasteiger partial charge is 0.493 e. The quantitative estimate of drug-likeness (QED) is 0.158. The van der Waals surface area contributed by atoms with Gasteiger partial charge in [0, 0.05) is 5.56 Å². The van der Waals surface area contributed by atoms with Gasteiger partial charge in [-0.25, -0.2) is 5.43 Å². The highest BCUT2D eigenvalue weighted by atomic mass is 79.9. The number of halogens is 1. The fourth-order valence-corrected chi connectivity index (χ4v) is 4.52. The summed E-state index contributed by atoms with van der Waals surface area (Å²) < 4.78 is 23.6. The van der Waals surface area contributed by atoms with Gasteiger partial charge >= 0.3 is 0 Å². The molecule has 38 heavy (non-hydrogen) atoms. The van der Waals surface area contributed by atoms with Crippen molar-refractivity contribution in [3.05, 3.63) is 94.0 Å². The van der Waals surface area contributed by atoms with Crippen molar-refractivity contribution in [2.75, 3.05) is 20.3 Å². The Labute approximate surface area is 230 Å². The molecule has 0 radical (unpaired) electrons. The maximum absolute atomic E-state index is 12.6. The maximum Gasteiger partial charge on any atom is 0.271 e. The van der Waals surface area contributed by atoms with Gasteiger partial charge in [0.05, 0.1) is 31.0 Å². The number of fused-ring (bicyclic) bond motifs is 1. The molecule has 0 spiro atoms. The van der Waals surface area contributed by atoms with E-state index < -0.39 is 0 Å². The Balaban J connectivity index is 1.48. The van der Waals surface area contributed by atoms with Crippen molar-refractivity contribution >= 4 is 38.8 Å². The zero-order chi connectivity index (χ0) is 26.9. The molecular formula is C30H29BrN2O5. The highest BCUT2D eigenvalue weighted by Crippen LogP contribution is 2.37. The molecular weight excluding hydrogens is 548 g/mol. The van der Waals surface area contributed by atoms with E-state index in [1.165, 1.54) is 0 Å². The first-order valence-electron chi connectivity index (χ1n) is 12.2. The second-order valence-electron chi connectivity index (χ2n) is 8.19. The smallest absolute Gasteiger partial charge is 0.271 e. The number of rotatable bonds is 11. The third-order valence-corrected chi connectivity index (χ3v) is 6.28. The number of nitrogens with one attached hydrogen (secondary N) is 1. The van der Waals surface area contributed by atoms with E-state index in [-0.39, 0.29) is 5.91 Å².